The largest absolute Gasteiger partial charge is 0.452 e. The predicted octanol–water partition coefficient (Wildman–Crippen LogP) is 3.57. The van der Waals surface area contributed by atoms with Crippen LogP contribution in [-0.2, 0) is 9.53 Å². The molecule has 2 aromatic carbocycles. The SMILES string of the molecule is C=CCN1C(=O)c2ccc(C(=O)OCC(=O)Nc3ccc(Cl)c(Cl)c3)cc2C1=O. The lowest BCUT2D eigenvalue weighted by Gasteiger charge is -2.09. The van der Waals surface area contributed by atoms with Crippen molar-refractivity contribution < 1.29 is 23.9 Å². The van der Waals surface area contributed by atoms with Crippen molar-refractivity contribution in [2.45, 2.75) is 0 Å². The summed E-state index contributed by atoms with van der Waals surface area (Å²) >= 11 is 11.7. The number of fused-ring (bicyclic) bond motifs is 1. The molecule has 0 unspecified atom stereocenters. The minimum atomic E-state index is -0.806. The molecule has 148 valence electrons. The van der Waals surface area contributed by atoms with E-state index in [0.29, 0.717) is 10.7 Å². The molecule has 29 heavy (non-hydrogen) atoms. The normalized spacial score (nSPS) is 12.6. The molecule has 0 saturated carbocycles. The van der Waals surface area contributed by atoms with Crippen LogP contribution in [0.15, 0.2) is 49.1 Å². The number of rotatable bonds is 6. The highest BCUT2D eigenvalue weighted by Crippen LogP contribution is 2.25. The maximum absolute atomic E-state index is 12.3. The summed E-state index contributed by atoms with van der Waals surface area (Å²) in [7, 11) is 0. The summed E-state index contributed by atoms with van der Waals surface area (Å²) in [6.45, 7) is 3.03. The molecule has 0 atom stereocenters. The van der Waals surface area contributed by atoms with Crippen molar-refractivity contribution in [3.8, 4) is 0 Å². The van der Waals surface area contributed by atoms with Gasteiger partial charge in [0.05, 0.1) is 26.7 Å². The fraction of sp³-hybridized carbons (Fsp3) is 0.100. The van der Waals surface area contributed by atoms with E-state index in [4.69, 9.17) is 27.9 Å². The fourth-order valence-electron chi connectivity index (χ4n) is 2.70. The van der Waals surface area contributed by atoms with Crippen molar-refractivity contribution in [3.05, 3.63) is 75.8 Å². The molecule has 0 aliphatic carbocycles. The molecule has 1 aliphatic rings. The minimum Gasteiger partial charge on any atom is -0.452 e. The van der Waals surface area contributed by atoms with Crippen LogP contribution >= 0.6 is 23.2 Å². The van der Waals surface area contributed by atoms with E-state index in [0.717, 1.165) is 4.90 Å². The van der Waals surface area contributed by atoms with Crippen LogP contribution in [0.2, 0.25) is 10.0 Å². The topological polar surface area (TPSA) is 92.8 Å². The van der Waals surface area contributed by atoms with E-state index in [2.05, 4.69) is 11.9 Å². The lowest BCUT2D eigenvalue weighted by molar-refractivity contribution is -0.119. The molecule has 0 bridgehead atoms. The van der Waals surface area contributed by atoms with Gasteiger partial charge in [-0.2, -0.15) is 0 Å². The van der Waals surface area contributed by atoms with Crippen LogP contribution in [0.5, 0.6) is 0 Å². The average Bonchev–Trinajstić information content (AvgIpc) is 2.93. The first-order chi connectivity index (χ1) is 13.8. The first kappa shape index (κ1) is 20.6. The highest BCUT2D eigenvalue weighted by molar-refractivity contribution is 6.42. The van der Waals surface area contributed by atoms with Crippen LogP contribution in [0.25, 0.3) is 0 Å². The highest BCUT2D eigenvalue weighted by atomic mass is 35.5. The van der Waals surface area contributed by atoms with Crippen LogP contribution in [0.1, 0.15) is 31.1 Å². The van der Waals surface area contributed by atoms with Gasteiger partial charge in [-0.3, -0.25) is 19.3 Å². The molecular weight excluding hydrogens is 419 g/mol. The van der Waals surface area contributed by atoms with Crippen LogP contribution in [0.4, 0.5) is 5.69 Å². The summed E-state index contributed by atoms with van der Waals surface area (Å²) in [5.41, 5.74) is 0.745. The molecule has 2 aromatic rings. The van der Waals surface area contributed by atoms with Gasteiger partial charge in [0.2, 0.25) is 0 Å². The summed E-state index contributed by atoms with van der Waals surface area (Å²) in [6, 6.07) is 8.54. The molecule has 0 spiro atoms. The fourth-order valence-corrected chi connectivity index (χ4v) is 3.00. The quantitative estimate of drug-likeness (QED) is 0.427. The van der Waals surface area contributed by atoms with Gasteiger partial charge < -0.3 is 10.1 Å². The number of carbonyl (C=O) groups excluding carboxylic acids is 4. The molecule has 1 heterocycles. The van der Waals surface area contributed by atoms with Gasteiger partial charge in [0.25, 0.3) is 17.7 Å². The van der Waals surface area contributed by atoms with Gasteiger partial charge in [0, 0.05) is 12.2 Å². The minimum absolute atomic E-state index is 0.0488. The number of imide groups is 1. The van der Waals surface area contributed by atoms with E-state index < -0.39 is 30.3 Å². The van der Waals surface area contributed by atoms with E-state index >= 15 is 0 Å². The van der Waals surface area contributed by atoms with Crippen molar-refractivity contribution in [3.63, 3.8) is 0 Å². The van der Waals surface area contributed by atoms with Crippen molar-refractivity contribution in [2.75, 3.05) is 18.5 Å². The van der Waals surface area contributed by atoms with E-state index in [1.165, 1.54) is 36.4 Å². The Hall–Kier alpha value is -3.16. The number of anilines is 1. The molecular formula is C20H14Cl2N2O5. The summed E-state index contributed by atoms with van der Waals surface area (Å²) in [5.74, 6) is -2.36. The maximum atomic E-state index is 12.3. The molecule has 0 aromatic heterocycles. The number of esters is 1. The zero-order valence-electron chi connectivity index (χ0n) is 14.9. The Kier molecular flexibility index (Phi) is 6.00. The Morgan fingerprint density at radius 2 is 1.76 bits per heavy atom. The molecule has 9 heteroatoms. The zero-order chi connectivity index (χ0) is 21.1. The number of hydrogen-bond donors (Lipinski definition) is 1. The smallest absolute Gasteiger partial charge is 0.338 e. The van der Waals surface area contributed by atoms with Crippen molar-refractivity contribution in [1.82, 2.24) is 4.90 Å². The summed E-state index contributed by atoms with van der Waals surface area (Å²) in [5, 5.41) is 3.13. The highest BCUT2D eigenvalue weighted by Gasteiger charge is 2.35. The summed E-state index contributed by atoms with van der Waals surface area (Å²) in [4.78, 5) is 49.7. The van der Waals surface area contributed by atoms with Gasteiger partial charge in [-0.05, 0) is 36.4 Å². The number of amides is 3. The van der Waals surface area contributed by atoms with Crippen molar-refractivity contribution in [1.29, 1.82) is 0 Å². The van der Waals surface area contributed by atoms with Crippen molar-refractivity contribution >= 4 is 52.6 Å². The number of benzene rings is 2. The van der Waals surface area contributed by atoms with Crippen LogP contribution in [0.3, 0.4) is 0 Å². The monoisotopic (exact) mass is 432 g/mol. The third kappa shape index (κ3) is 4.31. The van der Waals surface area contributed by atoms with Crippen LogP contribution in [-0.4, -0.2) is 41.7 Å². The van der Waals surface area contributed by atoms with Gasteiger partial charge in [-0.1, -0.05) is 29.3 Å². The number of halogens is 2. The Balaban J connectivity index is 1.64. The van der Waals surface area contributed by atoms with Gasteiger partial charge in [-0.25, -0.2) is 4.79 Å². The lowest BCUT2D eigenvalue weighted by atomic mass is 10.1. The van der Waals surface area contributed by atoms with E-state index in [-0.39, 0.29) is 28.3 Å². The van der Waals surface area contributed by atoms with E-state index in [1.54, 1.807) is 6.07 Å². The standard InChI is InChI=1S/C20H14Cl2N2O5/c1-2-7-24-18(26)13-5-3-11(8-14(13)19(24)27)20(28)29-10-17(25)23-12-4-6-15(21)16(22)9-12/h2-6,8-9H,1,7,10H2,(H,23,25). The second-order valence-corrected chi connectivity index (χ2v) is 6.84. The molecule has 0 radical (unpaired) electrons. The van der Waals surface area contributed by atoms with Crippen molar-refractivity contribution in [2.24, 2.45) is 0 Å². The van der Waals surface area contributed by atoms with Crippen LogP contribution in [0, 0.1) is 0 Å². The Morgan fingerprint density at radius 1 is 1.03 bits per heavy atom. The molecule has 1 N–H and O–H groups in total. The third-order valence-corrected chi connectivity index (χ3v) is 4.79. The molecule has 0 saturated heterocycles. The van der Waals surface area contributed by atoms with Crippen LogP contribution < -0.4 is 5.32 Å². The first-order valence-corrected chi connectivity index (χ1v) is 9.10. The zero-order valence-corrected chi connectivity index (χ0v) is 16.4. The number of nitrogens with zero attached hydrogens (tertiary/aromatic N) is 1. The molecule has 0 fully saturated rings. The molecule has 3 amide bonds. The second-order valence-electron chi connectivity index (χ2n) is 6.02. The van der Waals surface area contributed by atoms with Gasteiger partial charge in [0.1, 0.15) is 0 Å². The summed E-state index contributed by atoms with van der Waals surface area (Å²) < 4.78 is 4.98. The van der Waals surface area contributed by atoms with E-state index in [9.17, 15) is 19.2 Å². The first-order valence-electron chi connectivity index (χ1n) is 8.35. The molecule has 7 nitrogen and oxygen atoms in total. The van der Waals surface area contributed by atoms with E-state index in [1.807, 2.05) is 0 Å². The number of carbonyl (C=O) groups is 4. The maximum Gasteiger partial charge on any atom is 0.338 e. The molecule has 1 aliphatic heterocycles. The second kappa shape index (κ2) is 8.46. The van der Waals surface area contributed by atoms with Gasteiger partial charge in [-0.15, -0.1) is 6.58 Å². The Morgan fingerprint density at radius 3 is 2.45 bits per heavy atom. The van der Waals surface area contributed by atoms with Gasteiger partial charge >= 0.3 is 5.97 Å². The predicted molar refractivity (Wildman–Crippen MR) is 107 cm³/mol. The third-order valence-electron chi connectivity index (χ3n) is 4.06. The summed E-state index contributed by atoms with van der Waals surface area (Å²) in [6.07, 6.45) is 1.43. The Bertz CT molecular complexity index is 1050. The lowest BCUT2D eigenvalue weighted by Crippen LogP contribution is -2.29. The number of hydrogen-bond acceptors (Lipinski definition) is 5. The number of ether oxygens (including phenoxy) is 1. The molecule has 3 rings (SSSR count). The Labute approximate surface area is 175 Å². The van der Waals surface area contributed by atoms with Gasteiger partial charge in [0.15, 0.2) is 6.61 Å². The average molecular weight is 433 g/mol. The number of nitrogens with one attached hydrogen (secondary N) is 1.